The lowest BCUT2D eigenvalue weighted by Gasteiger charge is -2.06. The first-order chi connectivity index (χ1) is 9.78. The number of ether oxygens (including phenoxy) is 3. The number of fused-ring (bicyclic) bond motifs is 1. The van der Waals surface area contributed by atoms with Crippen LogP contribution in [0.4, 0.5) is 0 Å². The number of hydrazine groups is 1. The lowest BCUT2D eigenvalue weighted by Crippen LogP contribution is -2.30. The number of nitrogen functional groups attached to an aromatic ring is 1. The summed E-state index contributed by atoms with van der Waals surface area (Å²) in [4.78, 5) is 11.5. The topological polar surface area (TPSA) is 96.0 Å². The number of furan rings is 1. The van der Waals surface area contributed by atoms with E-state index in [9.17, 15) is 4.79 Å². The summed E-state index contributed by atoms with van der Waals surface area (Å²) in [6.45, 7) is 0.313. The predicted octanol–water partition coefficient (Wildman–Crippen LogP) is 1.19. The van der Waals surface area contributed by atoms with Crippen LogP contribution in [0.1, 0.15) is 16.1 Å². The minimum atomic E-state index is -0.428. The summed E-state index contributed by atoms with van der Waals surface area (Å²) in [5.41, 5.74) is 2.39. The highest BCUT2D eigenvalue weighted by Crippen LogP contribution is 2.35. The third kappa shape index (κ3) is 2.26. The number of rotatable bonds is 4. The molecule has 0 saturated heterocycles. The number of carbonyl (C=O) groups excluding carboxylic acids is 1. The van der Waals surface area contributed by atoms with E-state index in [0.29, 0.717) is 28.6 Å². The van der Waals surface area contributed by atoms with Crippen LogP contribution >= 0.6 is 0 Å². The van der Waals surface area contributed by atoms with Crippen LogP contribution < -0.4 is 25.5 Å². The van der Waals surface area contributed by atoms with E-state index < -0.39 is 5.91 Å². The zero-order chi connectivity index (χ0) is 13.9. The summed E-state index contributed by atoms with van der Waals surface area (Å²) in [6, 6.07) is 6.75. The maximum Gasteiger partial charge on any atom is 0.268 e. The van der Waals surface area contributed by atoms with E-state index in [1.54, 1.807) is 18.2 Å². The first-order valence-corrected chi connectivity index (χ1v) is 5.87. The van der Waals surface area contributed by atoms with Gasteiger partial charge in [-0.2, -0.15) is 0 Å². The molecule has 0 aliphatic carbocycles. The molecule has 1 aliphatic rings. The molecule has 1 aliphatic heterocycles. The van der Waals surface area contributed by atoms with Crippen LogP contribution in [0, 0.1) is 0 Å². The van der Waals surface area contributed by atoms with E-state index in [4.69, 9.17) is 24.5 Å². The van der Waals surface area contributed by atoms with E-state index in [-0.39, 0.29) is 13.4 Å². The van der Waals surface area contributed by atoms with Crippen LogP contribution in [0.15, 0.2) is 34.9 Å². The molecule has 104 valence electrons. The largest absolute Gasteiger partial charge is 0.485 e. The van der Waals surface area contributed by atoms with Gasteiger partial charge in [-0.25, -0.2) is 5.84 Å². The lowest BCUT2D eigenvalue weighted by molar-refractivity contribution is 0.0949. The quantitative estimate of drug-likeness (QED) is 0.494. The smallest absolute Gasteiger partial charge is 0.268 e. The molecule has 0 spiro atoms. The molecule has 3 N–H and O–H groups in total. The normalized spacial score (nSPS) is 12.2. The second kappa shape index (κ2) is 5.14. The number of nitrogens with one attached hydrogen (secondary N) is 1. The van der Waals surface area contributed by atoms with Gasteiger partial charge < -0.3 is 18.6 Å². The van der Waals surface area contributed by atoms with Crippen molar-refractivity contribution in [1.82, 2.24) is 5.43 Å². The standard InChI is InChI=1S/C13H12N2O5/c14-15-13(16)9-3-4-17-12(9)6-18-8-1-2-10-11(5-8)20-7-19-10/h1-5H,6-7,14H2,(H,15,16). The van der Waals surface area contributed by atoms with Gasteiger partial charge in [-0.3, -0.25) is 10.2 Å². The summed E-state index contributed by atoms with van der Waals surface area (Å²) in [5.74, 6) is 6.95. The van der Waals surface area contributed by atoms with E-state index in [1.807, 2.05) is 5.43 Å². The van der Waals surface area contributed by atoms with Crippen molar-refractivity contribution < 1.29 is 23.4 Å². The highest BCUT2D eigenvalue weighted by Gasteiger charge is 2.16. The van der Waals surface area contributed by atoms with Gasteiger partial charge in [0.25, 0.3) is 5.91 Å². The van der Waals surface area contributed by atoms with Gasteiger partial charge in [0.2, 0.25) is 6.79 Å². The molecular formula is C13H12N2O5. The van der Waals surface area contributed by atoms with Gasteiger partial charge in [0.1, 0.15) is 12.4 Å². The third-order valence-electron chi connectivity index (χ3n) is 2.84. The van der Waals surface area contributed by atoms with Gasteiger partial charge in [0, 0.05) is 6.07 Å². The minimum Gasteiger partial charge on any atom is -0.485 e. The maximum atomic E-state index is 11.5. The van der Waals surface area contributed by atoms with Crippen molar-refractivity contribution in [1.29, 1.82) is 0 Å². The Morgan fingerprint density at radius 2 is 2.15 bits per heavy atom. The summed E-state index contributed by atoms with van der Waals surface area (Å²) >= 11 is 0. The molecule has 0 atom stereocenters. The van der Waals surface area contributed by atoms with Crippen LogP contribution in [0.2, 0.25) is 0 Å². The molecule has 7 heteroatoms. The first kappa shape index (κ1) is 12.4. The number of hydrogen-bond acceptors (Lipinski definition) is 6. The van der Waals surface area contributed by atoms with Crippen LogP contribution in [-0.2, 0) is 6.61 Å². The van der Waals surface area contributed by atoms with Gasteiger partial charge >= 0.3 is 0 Å². The van der Waals surface area contributed by atoms with Crippen LogP contribution in [0.5, 0.6) is 17.2 Å². The van der Waals surface area contributed by atoms with Gasteiger partial charge in [-0.15, -0.1) is 0 Å². The first-order valence-electron chi connectivity index (χ1n) is 5.87. The minimum absolute atomic E-state index is 0.107. The Balaban J connectivity index is 1.71. The second-order valence-corrected chi connectivity index (χ2v) is 4.03. The fourth-order valence-corrected chi connectivity index (χ4v) is 1.85. The monoisotopic (exact) mass is 276 g/mol. The van der Waals surface area contributed by atoms with Crippen molar-refractivity contribution in [3.63, 3.8) is 0 Å². The zero-order valence-electron chi connectivity index (χ0n) is 10.4. The SMILES string of the molecule is NNC(=O)c1ccoc1COc1ccc2c(c1)OCO2. The van der Waals surface area contributed by atoms with Crippen molar-refractivity contribution in [2.24, 2.45) is 5.84 Å². The van der Waals surface area contributed by atoms with Crippen molar-refractivity contribution in [3.8, 4) is 17.2 Å². The molecule has 0 bridgehead atoms. The Kier molecular flexibility index (Phi) is 3.18. The summed E-state index contributed by atoms with van der Waals surface area (Å²) in [5, 5.41) is 0. The number of hydrogen-bond donors (Lipinski definition) is 2. The number of nitrogens with two attached hydrogens (primary N) is 1. The molecule has 7 nitrogen and oxygen atoms in total. The van der Waals surface area contributed by atoms with E-state index in [0.717, 1.165) is 0 Å². The Labute approximate surface area is 114 Å². The van der Waals surface area contributed by atoms with Crippen molar-refractivity contribution >= 4 is 5.91 Å². The Morgan fingerprint density at radius 3 is 3.00 bits per heavy atom. The molecule has 2 heterocycles. The van der Waals surface area contributed by atoms with Crippen molar-refractivity contribution in [2.45, 2.75) is 6.61 Å². The van der Waals surface area contributed by atoms with Crippen LogP contribution in [0.25, 0.3) is 0 Å². The van der Waals surface area contributed by atoms with Crippen LogP contribution in [0.3, 0.4) is 0 Å². The highest BCUT2D eigenvalue weighted by atomic mass is 16.7. The highest BCUT2D eigenvalue weighted by molar-refractivity contribution is 5.94. The van der Waals surface area contributed by atoms with Crippen molar-refractivity contribution in [2.75, 3.05) is 6.79 Å². The number of carbonyl (C=O) groups is 1. The van der Waals surface area contributed by atoms with Gasteiger partial charge in [-0.05, 0) is 18.2 Å². The molecule has 0 unspecified atom stereocenters. The molecule has 1 amide bonds. The predicted molar refractivity (Wildman–Crippen MR) is 67.3 cm³/mol. The van der Waals surface area contributed by atoms with E-state index in [1.165, 1.54) is 12.3 Å². The average molecular weight is 276 g/mol. The van der Waals surface area contributed by atoms with E-state index >= 15 is 0 Å². The molecular weight excluding hydrogens is 264 g/mol. The molecule has 1 aromatic carbocycles. The molecule has 1 aromatic heterocycles. The lowest BCUT2D eigenvalue weighted by atomic mass is 10.2. The summed E-state index contributed by atoms with van der Waals surface area (Å²) < 4.78 is 21.2. The maximum absolute atomic E-state index is 11.5. The Morgan fingerprint density at radius 1 is 1.30 bits per heavy atom. The molecule has 0 fully saturated rings. The van der Waals surface area contributed by atoms with Gasteiger partial charge in [0.05, 0.1) is 11.8 Å². The van der Waals surface area contributed by atoms with E-state index in [2.05, 4.69) is 0 Å². The molecule has 0 radical (unpaired) electrons. The molecule has 0 saturated carbocycles. The van der Waals surface area contributed by atoms with Crippen molar-refractivity contribution in [3.05, 3.63) is 41.9 Å². The fraction of sp³-hybridized carbons (Fsp3) is 0.154. The second-order valence-electron chi connectivity index (χ2n) is 4.03. The number of amides is 1. The zero-order valence-corrected chi connectivity index (χ0v) is 10.4. The third-order valence-corrected chi connectivity index (χ3v) is 2.84. The van der Waals surface area contributed by atoms with Gasteiger partial charge in [0.15, 0.2) is 17.3 Å². The van der Waals surface area contributed by atoms with Gasteiger partial charge in [-0.1, -0.05) is 0 Å². The molecule has 2 aromatic rings. The number of benzene rings is 1. The van der Waals surface area contributed by atoms with Crippen LogP contribution in [-0.4, -0.2) is 12.7 Å². The summed E-state index contributed by atoms with van der Waals surface area (Å²) in [7, 11) is 0. The molecule has 20 heavy (non-hydrogen) atoms. The fourth-order valence-electron chi connectivity index (χ4n) is 1.85. The molecule has 3 rings (SSSR count). The Bertz CT molecular complexity index is 637. The Hall–Kier alpha value is -2.67. The summed E-state index contributed by atoms with van der Waals surface area (Å²) in [6.07, 6.45) is 1.41. The average Bonchev–Trinajstić information content (AvgIpc) is 3.12.